The van der Waals surface area contributed by atoms with Crippen LogP contribution in [0.25, 0.3) is 0 Å². The van der Waals surface area contributed by atoms with Crippen molar-refractivity contribution in [2.45, 2.75) is 45.1 Å². The van der Waals surface area contributed by atoms with Gasteiger partial charge in [0.15, 0.2) is 0 Å². The maximum Gasteiger partial charge on any atom is 0.268 e. The number of nitrogens with two attached hydrogens (primary N) is 1. The Morgan fingerprint density at radius 3 is 2.32 bits per heavy atom. The molecular formula is C17H24N4O3S. The lowest BCUT2D eigenvalue weighted by Gasteiger charge is -2.24. The third-order valence-electron chi connectivity index (χ3n) is 3.90. The molecule has 0 spiro atoms. The number of benzene rings is 1. The Morgan fingerprint density at radius 2 is 1.84 bits per heavy atom. The number of hydrogen-bond donors (Lipinski definition) is 1. The molecule has 1 amide bonds. The number of hydrogen-bond acceptors (Lipinski definition) is 4. The molecule has 0 aliphatic heterocycles. The molecule has 0 fully saturated rings. The second-order valence-corrected chi connectivity index (χ2v) is 7.97. The predicted molar refractivity (Wildman–Crippen MR) is 96.9 cm³/mol. The average molecular weight is 364 g/mol. The minimum atomic E-state index is -3.88. The van der Waals surface area contributed by atoms with E-state index in [1.807, 2.05) is 13.8 Å². The molecule has 2 N–H and O–H groups in total. The molecule has 25 heavy (non-hydrogen) atoms. The number of para-hydroxylation sites is 1. The van der Waals surface area contributed by atoms with Crippen LogP contribution in [0.5, 0.6) is 0 Å². The maximum absolute atomic E-state index is 13.3. The molecule has 136 valence electrons. The fourth-order valence-corrected chi connectivity index (χ4v) is 4.66. The number of aromatic nitrogens is 2. The van der Waals surface area contributed by atoms with Gasteiger partial charge in [-0.15, -0.1) is 0 Å². The van der Waals surface area contributed by atoms with Crippen molar-refractivity contribution in [1.82, 2.24) is 9.78 Å². The van der Waals surface area contributed by atoms with Crippen molar-refractivity contribution >= 4 is 21.6 Å². The van der Waals surface area contributed by atoms with Crippen molar-refractivity contribution in [3.63, 3.8) is 0 Å². The van der Waals surface area contributed by atoms with Crippen LogP contribution in [0, 0.1) is 13.8 Å². The number of anilines is 1. The van der Waals surface area contributed by atoms with Crippen molar-refractivity contribution in [2.24, 2.45) is 5.73 Å². The SMILES string of the molecule is Cc1nn(C(C)C)c(C)c1S(=O)(=O)N(CCC(N)=O)c1ccccc1. The molecule has 0 saturated heterocycles. The zero-order valence-electron chi connectivity index (χ0n) is 14.9. The molecule has 0 bridgehead atoms. The molecule has 1 aromatic heterocycles. The van der Waals surface area contributed by atoms with Gasteiger partial charge in [-0.05, 0) is 39.8 Å². The minimum Gasteiger partial charge on any atom is -0.370 e. The summed E-state index contributed by atoms with van der Waals surface area (Å²) in [6.45, 7) is 7.28. The second kappa shape index (κ2) is 7.26. The van der Waals surface area contributed by atoms with Crippen LogP contribution in [0.3, 0.4) is 0 Å². The summed E-state index contributed by atoms with van der Waals surface area (Å²) < 4.78 is 29.6. The Morgan fingerprint density at radius 1 is 1.24 bits per heavy atom. The van der Waals surface area contributed by atoms with E-state index in [-0.39, 0.29) is 23.9 Å². The highest BCUT2D eigenvalue weighted by atomic mass is 32.2. The topological polar surface area (TPSA) is 98.3 Å². The van der Waals surface area contributed by atoms with E-state index in [0.717, 1.165) is 0 Å². The first-order valence-corrected chi connectivity index (χ1v) is 9.52. The zero-order valence-corrected chi connectivity index (χ0v) is 15.7. The Hall–Kier alpha value is -2.35. The number of aryl methyl sites for hydroxylation is 1. The molecule has 0 unspecified atom stereocenters. The molecule has 0 aliphatic rings. The number of nitrogens with zero attached hydrogens (tertiary/aromatic N) is 3. The summed E-state index contributed by atoms with van der Waals surface area (Å²) in [5, 5.41) is 4.37. The number of carbonyl (C=O) groups is 1. The van der Waals surface area contributed by atoms with Crippen LogP contribution in [0.2, 0.25) is 0 Å². The molecule has 0 saturated carbocycles. The zero-order chi connectivity index (χ0) is 18.8. The molecule has 2 aromatic rings. The van der Waals surface area contributed by atoms with Crippen molar-refractivity contribution in [2.75, 3.05) is 10.8 Å². The number of sulfonamides is 1. The Bertz CT molecular complexity index is 858. The first kappa shape index (κ1) is 19.0. The van der Waals surface area contributed by atoms with Crippen LogP contribution < -0.4 is 10.0 Å². The monoisotopic (exact) mass is 364 g/mol. The second-order valence-electron chi connectivity index (χ2n) is 6.17. The van der Waals surface area contributed by atoms with Crippen molar-refractivity contribution in [1.29, 1.82) is 0 Å². The summed E-state index contributed by atoms with van der Waals surface area (Å²) in [6.07, 6.45) is -0.0649. The van der Waals surface area contributed by atoms with E-state index in [2.05, 4.69) is 5.10 Å². The molecule has 0 radical (unpaired) electrons. The van der Waals surface area contributed by atoms with Gasteiger partial charge < -0.3 is 5.73 Å². The van der Waals surface area contributed by atoms with Crippen LogP contribution in [0.4, 0.5) is 5.69 Å². The summed E-state index contributed by atoms with van der Waals surface area (Å²) in [7, 11) is -3.88. The third-order valence-corrected chi connectivity index (χ3v) is 5.98. The van der Waals surface area contributed by atoms with E-state index in [1.165, 1.54) is 4.31 Å². The summed E-state index contributed by atoms with van der Waals surface area (Å²) in [4.78, 5) is 11.4. The smallest absolute Gasteiger partial charge is 0.268 e. The number of carbonyl (C=O) groups excluding carboxylic acids is 1. The normalized spacial score (nSPS) is 11.7. The Balaban J connectivity index is 2.58. The highest BCUT2D eigenvalue weighted by molar-refractivity contribution is 7.93. The van der Waals surface area contributed by atoms with Crippen molar-refractivity contribution in [3.8, 4) is 0 Å². The number of amides is 1. The van der Waals surface area contributed by atoms with E-state index in [9.17, 15) is 13.2 Å². The standard InChI is InChI=1S/C17H24N4O3S/c1-12(2)21-14(4)17(13(3)19-21)25(23,24)20(11-10-16(18)22)15-8-6-5-7-9-15/h5-9,12H,10-11H2,1-4H3,(H2,18,22). The van der Waals surface area contributed by atoms with Gasteiger partial charge in [0, 0.05) is 19.0 Å². The summed E-state index contributed by atoms with van der Waals surface area (Å²) in [5.74, 6) is -0.553. The molecule has 8 heteroatoms. The maximum atomic E-state index is 13.3. The highest BCUT2D eigenvalue weighted by Gasteiger charge is 2.31. The molecular weight excluding hydrogens is 340 g/mol. The van der Waals surface area contributed by atoms with Crippen molar-refractivity contribution < 1.29 is 13.2 Å². The molecule has 1 aromatic carbocycles. The third kappa shape index (κ3) is 3.84. The quantitative estimate of drug-likeness (QED) is 0.814. The number of rotatable bonds is 7. The molecule has 2 rings (SSSR count). The summed E-state index contributed by atoms with van der Waals surface area (Å²) in [5.41, 5.74) is 6.73. The van der Waals surface area contributed by atoms with Crippen LogP contribution in [-0.4, -0.2) is 30.7 Å². The first-order chi connectivity index (χ1) is 11.7. The molecule has 1 heterocycles. The molecule has 7 nitrogen and oxygen atoms in total. The van der Waals surface area contributed by atoms with E-state index >= 15 is 0 Å². The van der Waals surface area contributed by atoms with E-state index in [0.29, 0.717) is 17.1 Å². The van der Waals surface area contributed by atoms with E-state index in [1.54, 1.807) is 48.9 Å². The van der Waals surface area contributed by atoms with Gasteiger partial charge in [-0.3, -0.25) is 13.8 Å². The van der Waals surface area contributed by atoms with Crippen LogP contribution in [0.15, 0.2) is 35.2 Å². The van der Waals surface area contributed by atoms with E-state index in [4.69, 9.17) is 5.73 Å². The molecule has 0 aliphatic carbocycles. The summed E-state index contributed by atoms with van der Waals surface area (Å²) in [6, 6.07) is 8.72. The average Bonchev–Trinajstić information content (AvgIpc) is 2.83. The lowest BCUT2D eigenvalue weighted by Crippen LogP contribution is -2.34. The van der Waals surface area contributed by atoms with Gasteiger partial charge in [0.25, 0.3) is 10.0 Å². The van der Waals surface area contributed by atoms with Gasteiger partial charge in [-0.1, -0.05) is 18.2 Å². The summed E-state index contributed by atoms with van der Waals surface area (Å²) >= 11 is 0. The lowest BCUT2D eigenvalue weighted by molar-refractivity contribution is -0.117. The minimum absolute atomic E-state index is 0.0204. The fourth-order valence-electron chi connectivity index (χ4n) is 2.83. The highest BCUT2D eigenvalue weighted by Crippen LogP contribution is 2.29. The van der Waals surface area contributed by atoms with Gasteiger partial charge in [-0.2, -0.15) is 5.10 Å². The predicted octanol–water partition coefficient (Wildman–Crippen LogP) is 2.15. The van der Waals surface area contributed by atoms with Crippen LogP contribution >= 0.6 is 0 Å². The Labute approximate surface area is 148 Å². The fraction of sp³-hybridized carbons (Fsp3) is 0.412. The Kier molecular flexibility index (Phi) is 5.52. The van der Waals surface area contributed by atoms with Gasteiger partial charge in [0.2, 0.25) is 5.91 Å². The van der Waals surface area contributed by atoms with E-state index < -0.39 is 15.9 Å². The molecule has 0 atom stereocenters. The lowest BCUT2D eigenvalue weighted by atomic mass is 10.3. The van der Waals surface area contributed by atoms with Gasteiger partial charge in [-0.25, -0.2) is 8.42 Å². The van der Waals surface area contributed by atoms with Crippen LogP contribution in [-0.2, 0) is 14.8 Å². The largest absolute Gasteiger partial charge is 0.370 e. The van der Waals surface area contributed by atoms with Crippen LogP contribution in [0.1, 0.15) is 37.7 Å². The number of primary amides is 1. The van der Waals surface area contributed by atoms with Gasteiger partial charge in [0.1, 0.15) is 4.90 Å². The van der Waals surface area contributed by atoms with Gasteiger partial charge >= 0.3 is 0 Å². The van der Waals surface area contributed by atoms with Crippen molar-refractivity contribution in [3.05, 3.63) is 41.7 Å². The van der Waals surface area contributed by atoms with Gasteiger partial charge in [0.05, 0.1) is 17.1 Å². The first-order valence-electron chi connectivity index (χ1n) is 8.08.